The van der Waals surface area contributed by atoms with E-state index in [1.54, 1.807) is 13.2 Å². The summed E-state index contributed by atoms with van der Waals surface area (Å²) < 4.78 is 21.9. The molecule has 0 aliphatic heterocycles. The molecule has 0 radical (unpaired) electrons. The summed E-state index contributed by atoms with van der Waals surface area (Å²) in [5, 5.41) is 0. The maximum Gasteiger partial charge on any atom is 0.178 e. The Kier molecular flexibility index (Phi) is 4.66. The second-order valence-corrected chi connectivity index (χ2v) is 6.95. The molecule has 0 amide bonds. The van der Waals surface area contributed by atoms with Crippen LogP contribution < -0.4 is 0 Å². The van der Waals surface area contributed by atoms with Gasteiger partial charge in [-0.15, -0.1) is 0 Å². The molecule has 6 heteroatoms. The van der Waals surface area contributed by atoms with Crippen LogP contribution in [0, 0.1) is 16.0 Å². The molecule has 1 N–H and O–H groups in total. The summed E-state index contributed by atoms with van der Waals surface area (Å²) in [5.74, 6) is -0.282. The molecule has 0 aliphatic rings. The van der Waals surface area contributed by atoms with Crippen LogP contribution in [0.2, 0.25) is 0 Å². The first-order valence-electron chi connectivity index (χ1n) is 6.40. The molecule has 0 spiro atoms. The fourth-order valence-corrected chi connectivity index (χ4v) is 2.81. The Morgan fingerprint density at radius 3 is 2.80 bits per heavy atom. The molecule has 0 saturated heterocycles. The summed E-state index contributed by atoms with van der Waals surface area (Å²) in [4.78, 5) is 3.12. The van der Waals surface area contributed by atoms with E-state index >= 15 is 0 Å². The molecular weight excluding hydrogens is 343 g/mol. The minimum Gasteiger partial charge on any atom is -0.385 e. The van der Waals surface area contributed by atoms with Crippen LogP contribution in [-0.4, -0.2) is 23.3 Å². The van der Waals surface area contributed by atoms with Crippen LogP contribution in [0.1, 0.15) is 20.3 Å². The Balaban J connectivity index is 2.41. The summed E-state index contributed by atoms with van der Waals surface area (Å²) in [6.45, 7) is 5.72. The highest BCUT2D eigenvalue weighted by molar-refractivity contribution is 9.10. The van der Waals surface area contributed by atoms with Crippen LogP contribution in [0.5, 0.6) is 0 Å². The normalized spacial score (nSPS) is 12.2. The predicted molar refractivity (Wildman–Crippen MR) is 85.1 cm³/mol. The zero-order chi connectivity index (χ0) is 14.9. The quantitative estimate of drug-likeness (QED) is 0.785. The minimum atomic E-state index is -0.282. The third kappa shape index (κ3) is 3.30. The van der Waals surface area contributed by atoms with Gasteiger partial charge in [-0.1, -0.05) is 13.8 Å². The number of fused-ring (bicyclic) bond motifs is 1. The van der Waals surface area contributed by atoms with Crippen LogP contribution in [0.15, 0.2) is 16.6 Å². The maximum atomic E-state index is 13.7. The van der Waals surface area contributed by atoms with E-state index in [9.17, 15) is 4.39 Å². The number of nitrogens with one attached hydrogen (secondary N) is 1. The van der Waals surface area contributed by atoms with Crippen molar-refractivity contribution in [2.75, 3.05) is 13.7 Å². The number of halogens is 2. The molecule has 1 heterocycles. The zero-order valence-corrected chi connectivity index (χ0v) is 14.2. The van der Waals surface area contributed by atoms with Gasteiger partial charge in [-0.05, 0) is 46.0 Å². The molecular formula is C14H18BrFN2OS. The van der Waals surface area contributed by atoms with Crippen molar-refractivity contribution in [1.82, 2.24) is 9.55 Å². The highest BCUT2D eigenvalue weighted by Crippen LogP contribution is 2.28. The number of hydrogen-bond acceptors (Lipinski definition) is 2. The average molecular weight is 361 g/mol. The number of methoxy groups -OCH3 is 1. The molecule has 20 heavy (non-hydrogen) atoms. The molecule has 0 aliphatic carbocycles. The van der Waals surface area contributed by atoms with Gasteiger partial charge in [0.2, 0.25) is 0 Å². The lowest BCUT2D eigenvalue weighted by atomic mass is 9.89. The van der Waals surface area contributed by atoms with Crippen LogP contribution in [0.4, 0.5) is 4.39 Å². The van der Waals surface area contributed by atoms with E-state index in [1.807, 2.05) is 4.57 Å². The number of aromatic nitrogens is 2. The van der Waals surface area contributed by atoms with Crippen LogP contribution >= 0.6 is 28.1 Å². The van der Waals surface area contributed by atoms with Gasteiger partial charge in [-0.3, -0.25) is 0 Å². The van der Waals surface area contributed by atoms with Crippen molar-refractivity contribution in [2.45, 2.75) is 26.8 Å². The van der Waals surface area contributed by atoms with Gasteiger partial charge >= 0.3 is 0 Å². The van der Waals surface area contributed by atoms with Gasteiger partial charge in [0.15, 0.2) is 4.77 Å². The number of nitrogens with zero attached hydrogens (tertiary/aromatic N) is 1. The molecule has 0 atom stereocenters. The van der Waals surface area contributed by atoms with Crippen molar-refractivity contribution in [2.24, 2.45) is 5.41 Å². The van der Waals surface area contributed by atoms with E-state index in [0.29, 0.717) is 15.9 Å². The second-order valence-electron chi connectivity index (χ2n) is 5.71. The molecule has 0 unspecified atom stereocenters. The SMILES string of the molecule is COCCC(C)(C)Cn1c(=S)[nH]c2cc(Br)c(F)cc21. The van der Waals surface area contributed by atoms with Crippen molar-refractivity contribution < 1.29 is 9.13 Å². The van der Waals surface area contributed by atoms with Gasteiger partial charge < -0.3 is 14.3 Å². The Hall–Kier alpha value is -0.720. The molecule has 0 bridgehead atoms. The standard InChI is InChI=1S/C14H18BrFN2OS/c1-14(2,4-5-19-3)8-18-12-7-10(16)9(15)6-11(12)17-13(18)20/h6-7H,4-5,8H2,1-3H3,(H,17,20). The summed E-state index contributed by atoms with van der Waals surface area (Å²) in [7, 11) is 1.69. The van der Waals surface area contributed by atoms with Crippen LogP contribution in [0.25, 0.3) is 11.0 Å². The van der Waals surface area contributed by atoms with Gasteiger partial charge in [0.25, 0.3) is 0 Å². The first-order valence-corrected chi connectivity index (χ1v) is 7.61. The smallest absolute Gasteiger partial charge is 0.178 e. The molecule has 3 nitrogen and oxygen atoms in total. The lowest BCUT2D eigenvalue weighted by molar-refractivity contribution is 0.143. The van der Waals surface area contributed by atoms with Crippen molar-refractivity contribution in [3.63, 3.8) is 0 Å². The molecule has 0 saturated carbocycles. The third-order valence-electron chi connectivity index (χ3n) is 3.39. The van der Waals surface area contributed by atoms with Crippen LogP contribution in [-0.2, 0) is 11.3 Å². The van der Waals surface area contributed by atoms with Gasteiger partial charge in [0.05, 0.1) is 15.5 Å². The Morgan fingerprint density at radius 1 is 1.45 bits per heavy atom. The summed E-state index contributed by atoms with van der Waals surface area (Å²) in [6.07, 6.45) is 0.914. The van der Waals surface area contributed by atoms with E-state index in [4.69, 9.17) is 17.0 Å². The first kappa shape index (κ1) is 15.7. The van der Waals surface area contributed by atoms with Gasteiger partial charge in [-0.2, -0.15) is 0 Å². The molecule has 110 valence electrons. The van der Waals surface area contributed by atoms with Crippen molar-refractivity contribution >= 4 is 39.2 Å². The third-order valence-corrected chi connectivity index (χ3v) is 4.32. The largest absolute Gasteiger partial charge is 0.385 e. The van der Waals surface area contributed by atoms with E-state index in [1.165, 1.54) is 6.07 Å². The average Bonchev–Trinajstić information content (AvgIpc) is 2.64. The highest BCUT2D eigenvalue weighted by Gasteiger charge is 2.20. The van der Waals surface area contributed by atoms with E-state index < -0.39 is 0 Å². The van der Waals surface area contributed by atoms with Crippen molar-refractivity contribution in [1.29, 1.82) is 0 Å². The summed E-state index contributed by atoms with van der Waals surface area (Å²) >= 11 is 8.55. The van der Waals surface area contributed by atoms with E-state index in [0.717, 1.165) is 24.0 Å². The summed E-state index contributed by atoms with van der Waals surface area (Å²) in [5.41, 5.74) is 1.65. The summed E-state index contributed by atoms with van der Waals surface area (Å²) in [6, 6.07) is 3.23. The number of aromatic amines is 1. The van der Waals surface area contributed by atoms with Crippen LogP contribution in [0.3, 0.4) is 0 Å². The molecule has 0 fully saturated rings. The first-order chi connectivity index (χ1) is 9.34. The molecule has 1 aromatic heterocycles. The lowest BCUT2D eigenvalue weighted by Gasteiger charge is -2.25. The lowest BCUT2D eigenvalue weighted by Crippen LogP contribution is -2.21. The number of H-pyrrole nitrogens is 1. The topological polar surface area (TPSA) is 29.9 Å². The number of ether oxygens (including phenoxy) is 1. The highest BCUT2D eigenvalue weighted by atomic mass is 79.9. The van der Waals surface area contributed by atoms with Crippen molar-refractivity contribution in [3.8, 4) is 0 Å². The zero-order valence-electron chi connectivity index (χ0n) is 11.8. The molecule has 2 aromatic rings. The predicted octanol–water partition coefficient (Wildman–Crippen LogP) is 4.66. The van der Waals surface area contributed by atoms with E-state index in [2.05, 4.69) is 34.8 Å². The second kappa shape index (κ2) is 5.95. The fourth-order valence-electron chi connectivity index (χ4n) is 2.19. The number of rotatable bonds is 5. The Bertz CT molecular complexity index is 678. The fraction of sp³-hybridized carbons (Fsp3) is 0.500. The van der Waals surface area contributed by atoms with Gasteiger partial charge in [0.1, 0.15) is 5.82 Å². The molecule has 2 rings (SSSR count). The number of hydrogen-bond donors (Lipinski definition) is 1. The molecule has 1 aromatic carbocycles. The number of imidazole rings is 1. The van der Waals surface area contributed by atoms with E-state index in [-0.39, 0.29) is 11.2 Å². The monoisotopic (exact) mass is 360 g/mol. The Labute approximate surface area is 131 Å². The number of benzene rings is 1. The Morgan fingerprint density at radius 2 is 2.15 bits per heavy atom. The maximum absolute atomic E-state index is 13.7. The van der Waals surface area contributed by atoms with Crippen molar-refractivity contribution in [3.05, 3.63) is 27.2 Å². The van der Waals surface area contributed by atoms with Gasteiger partial charge in [-0.25, -0.2) is 4.39 Å². The minimum absolute atomic E-state index is 0.0207. The van der Waals surface area contributed by atoms with Gasteiger partial charge in [0, 0.05) is 26.3 Å².